The maximum Gasteiger partial charge on any atom is 0.148 e. The number of hydrogen-bond acceptors (Lipinski definition) is 3. The molecule has 0 radical (unpaired) electrons. The van der Waals surface area contributed by atoms with Gasteiger partial charge in [-0.2, -0.15) is 5.10 Å². The normalized spacial score (nSPS) is 11.3. The van der Waals surface area contributed by atoms with E-state index < -0.39 is 0 Å². The second-order valence-electron chi connectivity index (χ2n) is 5.26. The molecule has 2 rings (SSSR count). The standard InChI is InChI=1S/C15H22N4/c1-10(2)16-9-14-6-7-15(8-11(14)3)19-13(5)17-12(4)18-19/h6-8,10,16H,9H2,1-5H3. The zero-order valence-electron chi connectivity index (χ0n) is 12.4. The highest BCUT2D eigenvalue weighted by molar-refractivity contribution is 5.40. The predicted octanol–water partition coefficient (Wildman–Crippen LogP) is 2.69. The van der Waals surface area contributed by atoms with Crippen molar-refractivity contribution in [3.8, 4) is 5.69 Å². The van der Waals surface area contributed by atoms with Crippen LogP contribution in [0.15, 0.2) is 18.2 Å². The van der Waals surface area contributed by atoms with Crippen LogP contribution in [0.1, 0.15) is 36.6 Å². The van der Waals surface area contributed by atoms with Gasteiger partial charge in [0.1, 0.15) is 11.6 Å². The molecular weight excluding hydrogens is 236 g/mol. The minimum Gasteiger partial charge on any atom is -0.310 e. The SMILES string of the molecule is Cc1nc(C)n(-c2ccc(CNC(C)C)c(C)c2)n1. The van der Waals surface area contributed by atoms with E-state index in [4.69, 9.17) is 0 Å². The van der Waals surface area contributed by atoms with Crippen molar-refractivity contribution in [3.63, 3.8) is 0 Å². The second kappa shape index (κ2) is 5.53. The van der Waals surface area contributed by atoms with Crippen LogP contribution in [-0.4, -0.2) is 20.8 Å². The van der Waals surface area contributed by atoms with Crippen LogP contribution < -0.4 is 5.32 Å². The third kappa shape index (κ3) is 3.20. The lowest BCUT2D eigenvalue weighted by molar-refractivity contribution is 0.587. The minimum absolute atomic E-state index is 0.499. The van der Waals surface area contributed by atoms with E-state index in [9.17, 15) is 0 Å². The summed E-state index contributed by atoms with van der Waals surface area (Å²) in [6, 6.07) is 6.93. The van der Waals surface area contributed by atoms with Gasteiger partial charge < -0.3 is 5.32 Å². The first kappa shape index (κ1) is 13.7. The molecule has 0 amide bonds. The Balaban J connectivity index is 2.26. The highest BCUT2D eigenvalue weighted by Crippen LogP contribution is 2.15. The average Bonchev–Trinajstić information content (AvgIpc) is 2.66. The third-order valence-electron chi connectivity index (χ3n) is 3.15. The number of rotatable bonds is 4. The van der Waals surface area contributed by atoms with E-state index >= 15 is 0 Å². The van der Waals surface area contributed by atoms with Crippen LogP contribution in [0, 0.1) is 20.8 Å². The molecule has 1 heterocycles. The van der Waals surface area contributed by atoms with E-state index in [1.54, 1.807) is 0 Å². The molecule has 0 aliphatic heterocycles. The largest absolute Gasteiger partial charge is 0.310 e. The number of aryl methyl sites for hydroxylation is 3. The van der Waals surface area contributed by atoms with Gasteiger partial charge >= 0.3 is 0 Å². The Morgan fingerprint density at radius 2 is 1.95 bits per heavy atom. The van der Waals surface area contributed by atoms with Gasteiger partial charge in [0.2, 0.25) is 0 Å². The molecule has 0 unspecified atom stereocenters. The third-order valence-corrected chi connectivity index (χ3v) is 3.15. The van der Waals surface area contributed by atoms with Crippen LogP contribution >= 0.6 is 0 Å². The molecule has 0 atom stereocenters. The molecule has 1 aromatic heterocycles. The monoisotopic (exact) mass is 258 g/mol. The lowest BCUT2D eigenvalue weighted by Gasteiger charge is -2.12. The molecule has 0 saturated heterocycles. The molecule has 1 aromatic carbocycles. The number of nitrogens with zero attached hydrogens (tertiary/aromatic N) is 3. The zero-order chi connectivity index (χ0) is 14.0. The van der Waals surface area contributed by atoms with E-state index in [1.807, 2.05) is 18.5 Å². The summed E-state index contributed by atoms with van der Waals surface area (Å²) in [5, 5.41) is 7.86. The van der Waals surface area contributed by atoms with Crippen molar-refractivity contribution in [3.05, 3.63) is 41.0 Å². The van der Waals surface area contributed by atoms with Crippen molar-refractivity contribution in [1.82, 2.24) is 20.1 Å². The number of benzene rings is 1. The minimum atomic E-state index is 0.499. The summed E-state index contributed by atoms with van der Waals surface area (Å²) in [7, 11) is 0. The van der Waals surface area contributed by atoms with Gasteiger partial charge in [0, 0.05) is 12.6 Å². The maximum atomic E-state index is 4.42. The van der Waals surface area contributed by atoms with Crippen molar-refractivity contribution < 1.29 is 0 Å². The Morgan fingerprint density at radius 1 is 1.21 bits per heavy atom. The van der Waals surface area contributed by atoms with Gasteiger partial charge in [-0.3, -0.25) is 0 Å². The van der Waals surface area contributed by atoms with Crippen molar-refractivity contribution in [2.24, 2.45) is 0 Å². The summed E-state index contributed by atoms with van der Waals surface area (Å²) in [5.41, 5.74) is 3.68. The summed E-state index contributed by atoms with van der Waals surface area (Å²) < 4.78 is 1.89. The van der Waals surface area contributed by atoms with Gasteiger partial charge in [-0.15, -0.1) is 0 Å². The van der Waals surface area contributed by atoms with Crippen LogP contribution in [0.3, 0.4) is 0 Å². The smallest absolute Gasteiger partial charge is 0.148 e. The summed E-state index contributed by atoms with van der Waals surface area (Å²) in [4.78, 5) is 4.34. The molecule has 1 N–H and O–H groups in total. The number of hydrogen-bond donors (Lipinski definition) is 1. The van der Waals surface area contributed by atoms with E-state index in [2.05, 4.69) is 54.4 Å². The first-order valence-corrected chi connectivity index (χ1v) is 6.71. The molecule has 19 heavy (non-hydrogen) atoms. The van der Waals surface area contributed by atoms with Crippen LogP contribution in [0.4, 0.5) is 0 Å². The maximum absolute atomic E-state index is 4.42. The van der Waals surface area contributed by atoms with Crippen LogP contribution in [0.25, 0.3) is 5.69 Å². The average molecular weight is 258 g/mol. The fraction of sp³-hybridized carbons (Fsp3) is 0.467. The second-order valence-corrected chi connectivity index (χ2v) is 5.26. The van der Waals surface area contributed by atoms with E-state index in [-0.39, 0.29) is 0 Å². The molecule has 0 fully saturated rings. The van der Waals surface area contributed by atoms with Crippen molar-refractivity contribution in [2.75, 3.05) is 0 Å². The quantitative estimate of drug-likeness (QED) is 0.917. The first-order valence-electron chi connectivity index (χ1n) is 6.71. The molecule has 102 valence electrons. The summed E-state index contributed by atoms with van der Waals surface area (Å²) in [5.74, 6) is 1.73. The molecule has 0 aliphatic rings. The van der Waals surface area contributed by atoms with Crippen molar-refractivity contribution in [2.45, 2.75) is 47.2 Å². The molecule has 0 spiro atoms. The molecule has 2 aromatic rings. The Bertz CT molecular complexity index is 570. The Morgan fingerprint density at radius 3 is 2.47 bits per heavy atom. The van der Waals surface area contributed by atoms with Crippen molar-refractivity contribution in [1.29, 1.82) is 0 Å². The lowest BCUT2D eigenvalue weighted by Crippen LogP contribution is -2.22. The first-order chi connectivity index (χ1) is 8.97. The molecule has 0 aliphatic carbocycles. The number of nitrogens with one attached hydrogen (secondary N) is 1. The van der Waals surface area contributed by atoms with Crippen molar-refractivity contribution >= 4 is 0 Å². The highest BCUT2D eigenvalue weighted by Gasteiger charge is 2.07. The fourth-order valence-electron chi connectivity index (χ4n) is 2.09. The summed E-state index contributed by atoms with van der Waals surface area (Å²) in [6.45, 7) is 11.2. The fourth-order valence-corrected chi connectivity index (χ4v) is 2.09. The van der Waals surface area contributed by atoms with Gasteiger partial charge in [-0.25, -0.2) is 9.67 Å². The molecular formula is C15H22N4. The van der Waals surface area contributed by atoms with Gasteiger partial charge in [-0.05, 0) is 44.0 Å². The Kier molecular flexibility index (Phi) is 4.00. The van der Waals surface area contributed by atoms with Gasteiger partial charge in [0.15, 0.2) is 0 Å². The molecule has 0 bridgehead atoms. The topological polar surface area (TPSA) is 42.7 Å². The van der Waals surface area contributed by atoms with Crippen LogP contribution in [-0.2, 0) is 6.54 Å². The van der Waals surface area contributed by atoms with E-state index in [0.717, 1.165) is 23.9 Å². The zero-order valence-corrected chi connectivity index (χ0v) is 12.4. The van der Waals surface area contributed by atoms with Gasteiger partial charge in [-0.1, -0.05) is 19.9 Å². The predicted molar refractivity (Wildman–Crippen MR) is 77.5 cm³/mol. The van der Waals surface area contributed by atoms with E-state index in [1.165, 1.54) is 11.1 Å². The molecule has 4 nitrogen and oxygen atoms in total. The molecule has 0 saturated carbocycles. The number of aromatic nitrogens is 3. The Labute approximate surface area is 114 Å². The van der Waals surface area contributed by atoms with Gasteiger partial charge in [0.05, 0.1) is 5.69 Å². The van der Waals surface area contributed by atoms with Crippen LogP contribution in [0.5, 0.6) is 0 Å². The van der Waals surface area contributed by atoms with E-state index in [0.29, 0.717) is 6.04 Å². The lowest BCUT2D eigenvalue weighted by atomic mass is 10.1. The summed E-state index contributed by atoms with van der Waals surface area (Å²) in [6.07, 6.45) is 0. The van der Waals surface area contributed by atoms with Gasteiger partial charge in [0.25, 0.3) is 0 Å². The Hall–Kier alpha value is -1.68. The molecule has 4 heteroatoms. The summed E-state index contributed by atoms with van der Waals surface area (Å²) >= 11 is 0. The van der Waals surface area contributed by atoms with Crippen LogP contribution in [0.2, 0.25) is 0 Å². The highest BCUT2D eigenvalue weighted by atomic mass is 15.3.